The van der Waals surface area contributed by atoms with Gasteiger partial charge in [0.05, 0.1) is 5.69 Å². The number of amides is 2. The number of allylic oxidation sites excluding steroid dienone is 1. The fourth-order valence-electron chi connectivity index (χ4n) is 4.48. The normalized spacial score (nSPS) is 25.7. The van der Waals surface area contributed by atoms with Crippen LogP contribution in [0, 0.1) is 18.3 Å². The van der Waals surface area contributed by atoms with E-state index in [1.165, 1.54) is 18.5 Å². The smallest absolute Gasteiger partial charge is 0.269 e. The van der Waals surface area contributed by atoms with Crippen molar-refractivity contribution in [2.45, 2.75) is 51.9 Å². The maximum Gasteiger partial charge on any atom is 0.269 e. The van der Waals surface area contributed by atoms with Gasteiger partial charge in [-0.2, -0.15) is 5.10 Å². The van der Waals surface area contributed by atoms with Crippen LogP contribution in [0.1, 0.15) is 61.1 Å². The average molecular weight is 356 g/mol. The van der Waals surface area contributed by atoms with Crippen LogP contribution in [0.3, 0.4) is 0 Å². The summed E-state index contributed by atoms with van der Waals surface area (Å²) in [6.45, 7) is 3.34. The SMILES string of the molecule is Cc1cc(C(=O)NCC23CCCC=C2N(CC2CC2)C(=O)CC3)n(C)n1. The molecule has 1 aromatic rings. The Kier molecular flexibility index (Phi) is 4.37. The largest absolute Gasteiger partial charge is 0.350 e. The van der Waals surface area contributed by atoms with Gasteiger partial charge in [-0.05, 0) is 57.4 Å². The third-order valence-corrected chi connectivity index (χ3v) is 6.11. The third-order valence-electron chi connectivity index (χ3n) is 6.11. The minimum Gasteiger partial charge on any atom is -0.350 e. The average Bonchev–Trinajstić information content (AvgIpc) is 3.38. The lowest BCUT2D eigenvalue weighted by Crippen LogP contribution is -2.51. The molecule has 1 aliphatic heterocycles. The van der Waals surface area contributed by atoms with Crippen molar-refractivity contribution in [3.05, 3.63) is 29.2 Å². The summed E-state index contributed by atoms with van der Waals surface area (Å²) in [6.07, 6.45) is 9.34. The summed E-state index contributed by atoms with van der Waals surface area (Å²) < 4.78 is 1.63. The lowest BCUT2D eigenvalue weighted by atomic mass is 9.69. The van der Waals surface area contributed by atoms with Crippen LogP contribution in [0.2, 0.25) is 0 Å². The first-order chi connectivity index (χ1) is 12.5. The molecule has 2 amide bonds. The molecule has 1 saturated carbocycles. The molecule has 6 heteroatoms. The molecule has 140 valence electrons. The monoisotopic (exact) mass is 356 g/mol. The highest BCUT2D eigenvalue weighted by Gasteiger charge is 2.45. The molecule has 0 bridgehead atoms. The Labute approximate surface area is 154 Å². The molecule has 1 atom stereocenters. The number of piperidine rings is 1. The summed E-state index contributed by atoms with van der Waals surface area (Å²) >= 11 is 0. The first-order valence-corrected chi connectivity index (χ1v) is 9.78. The van der Waals surface area contributed by atoms with E-state index in [1.807, 2.05) is 17.9 Å². The van der Waals surface area contributed by atoms with Crippen molar-refractivity contribution in [2.24, 2.45) is 18.4 Å². The van der Waals surface area contributed by atoms with Crippen LogP contribution in [0.15, 0.2) is 17.8 Å². The fraction of sp³-hybridized carbons (Fsp3) is 0.650. The number of nitrogens with one attached hydrogen (secondary N) is 1. The highest BCUT2D eigenvalue weighted by atomic mass is 16.2. The molecule has 4 rings (SSSR count). The maximum absolute atomic E-state index is 12.7. The number of carbonyl (C=O) groups excluding carboxylic acids is 2. The van der Waals surface area contributed by atoms with Crippen LogP contribution in [0.4, 0.5) is 0 Å². The number of aryl methyl sites for hydroxylation is 2. The second kappa shape index (κ2) is 6.56. The first kappa shape index (κ1) is 17.3. The number of rotatable bonds is 5. The first-order valence-electron chi connectivity index (χ1n) is 9.78. The van der Waals surface area contributed by atoms with Gasteiger partial charge >= 0.3 is 0 Å². The number of hydrogen-bond acceptors (Lipinski definition) is 3. The van der Waals surface area contributed by atoms with Crippen molar-refractivity contribution in [2.75, 3.05) is 13.1 Å². The Bertz CT molecular complexity index is 762. The van der Waals surface area contributed by atoms with E-state index in [-0.39, 0.29) is 17.2 Å². The molecule has 6 nitrogen and oxygen atoms in total. The predicted octanol–water partition coefficient (Wildman–Crippen LogP) is 2.54. The van der Waals surface area contributed by atoms with Crippen LogP contribution in [-0.2, 0) is 11.8 Å². The zero-order chi connectivity index (χ0) is 18.3. The standard InChI is InChI=1S/C20H28N4O2/c1-14-11-16(23(2)22-14)19(26)21-13-20-9-4-3-5-17(20)24(12-15-6-7-15)18(25)8-10-20/h5,11,15H,3-4,6-10,12-13H2,1-2H3,(H,21,26). The van der Waals surface area contributed by atoms with E-state index in [0.29, 0.717) is 24.6 Å². The van der Waals surface area contributed by atoms with E-state index in [0.717, 1.165) is 37.9 Å². The Morgan fingerprint density at radius 2 is 2.19 bits per heavy atom. The predicted molar refractivity (Wildman–Crippen MR) is 98.3 cm³/mol. The molecule has 1 saturated heterocycles. The van der Waals surface area contributed by atoms with Gasteiger partial charge in [-0.25, -0.2) is 0 Å². The molecule has 0 spiro atoms. The Hall–Kier alpha value is -2.11. The van der Waals surface area contributed by atoms with Gasteiger partial charge in [-0.1, -0.05) is 6.08 Å². The molecule has 1 unspecified atom stereocenters. The van der Waals surface area contributed by atoms with Gasteiger partial charge in [0.2, 0.25) is 5.91 Å². The van der Waals surface area contributed by atoms with Crippen LogP contribution in [-0.4, -0.2) is 39.6 Å². The minimum atomic E-state index is -0.0929. The van der Waals surface area contributed by atoms with Gasteiger partial charge in [0.1, 0.15) is 5.69 Å². The highest BCUT2D eigenvalue weighted by Crippen LogP contribution is 2.47. The fourth-order valence-corrected chi connectivity index (χ4v) is 4.48. The number of fused-ring (bicyclic) bond motifs is 1. The second-order valence-electron chi connectivity index (χ2n) is 8.19. The molecule has 3 aliphatic rings. The van der Waals surface area contributed by atoms with E-state index in [1.54, 1.807) is 11.7 Å². The topological polar surface area (TPSA) is 67.2 Å². The molecular formula is C20H28N4O2. The maximum atomic E-state index is 12.7. The molecule has 2 fully saturated rings. The Morgan fingerprint density at radius 3 is 2.88 bits per heavy atom. The van der Waals surface area contributed by atoms with Crippen LogP contribution in [0.25, 0.3) is 0 Å². The zero-order valence-electron chi connectivity index (χ0n) is 15.8. The van der Waals surface area contributed by atoms with Gasteiger partial charge < -0.3 is 10.2 Å². The second-order valence-corrected chi connectivity index (χ2v) is 8.19. The molecule has 0 aromatic carbocycles. The van der Waals surface area contributed by atoms with Crippen molar-refractivity contribution >= 4 is 11.8 Å². The van der Waals surface area contributed by atoms with E-state index in [4.69, 9.17) is 0 Å². The lowest BCUT2D eigenvalue weighted by Gasteiger charge is -2.47. The van der Waals surface area contributed by atoms with Gasteiger partial charge in [0.25, 0.3) is 5.91 Å². The molecule has 0 radical (unpaired) electrons. The van der Waals surface area contributed by atoms with Crippen molar-refractivity contribution in [1.82, 2.24) is 20.0 Å². The Morgan fingerprint density at radius 1 is 1.38 bits per heavy atom. The van der Waals surface area contributed by atoms with Gasteiger partial charge in [-0.15, -0.1) is 0 Å². The van der Waals surface area contributed by atoms with Crippen molar-refractivity contribution in [1.29, 1.82) is 0 Å². The summed E-state index contributed by atoms with van der Waals surface area (Å²) in [7, 11) is 1.79. The number of hydrogen-bond donors (Lipinski definition) is 1. The zero-order valence-corrected chi connectivity index (χ0v) is 15.8. The molecule has 26 heavy (non-hydrogen) atoms. The molecule has 1 N–H and O–H groups in total. The van der Waals surface area contributed by atoms with Crippen molar-refractivity contribution < 1.29 is 9.59 Å². The summed E-state index contributed by atoms with van der Waals surface area (Å²) in [5.74, 6) is 0.844. The summed E-state index contributed by atoms with van der Waals surface area (Å²) in [5, 5.41) is 7.40. The molecule has 2 aliphatic carbocycles. The van der Waals surface area contributed by atoms with Crippen LogP contribution in [0.5, 0.6) is 0 Å². The summed E-state index contributed by atoms with van der Waals surface area (Å²) in [6, 6.07) is 1.81. The number of likely N-dealkylation sites (tertiary alicyclic amines) is 1. The third kappa shape index (κ3) is 3.17. The van der Waals surface area contributed by atoms with E-state index >= 15 is 0 Å². The summed E-state index contributed by atoms with van der Waals surface area (Å²) in [5.41, 5.74) is 2.51. The van der Waals surface area contributed by atoms with E-state index < -0.39 is 0 Å². The van der Waals surface area contributed by atoms with Crippen LogP contribution < -0.4 is 5.32 Å². The van der Waals surface area contributed by atoms with Gasteiger partial charge in [0.15, 0.2) is 0 Å². The van der Waals surface area contributed by atoms with E-state index in [2.05, 4.69) is 16.5 Å². The van der Waals surface area contributed by atoms with Crippen LogP contribution >= 0.6 is 0 Å². The highest BCUT2D eigenvalue weighted by molar-refractivity contribution is 5.92. The molecular weight excluding hydrogens is 328 g/mol. The van der Waals surface area contributed by atoms with Gasteiger partial charge in [0, 0.05) is 37.7 Å². The summed E-state index contributed by atoms with van der Waals surface area (Å²) in [4.78, 5) is 27.2. The number of nitrogens with zero attached hydrogens (tertiary/aromatic N) is 3. The Balaban J connectivity index is 1.52. The van der Waals surface area contributed by atoms with E-state index in [9.17, 15) is 9.59 Å². The quantitative estimate of drug-likeness (QED) is 0.882. The van der Waals surface area contributed by atoms with Crippen molar-refractivity contribution in [3.63, 3.8) is 0 Å². The lowest BCUT2D eigenvalue weighted by molar-refractivity contribution is -0.134. The molecule has 1 aromatic heterocycles. The van der Waals surface area contributed by atoms with Crippen molar-refractivity contribution in [3.8, 4) is 0 Å². The number of carbonyl (C=O) groups is 2. The minimum absolute atomic E-state index is 0.0851. The molecule has 2 heterocycles. The van der Waals surface area contributed by atoms with Gasteiger partial charge in [-0.3, -0.25) is 14.3 Å². The number of aromatic nitrogens is 2.